The van der Waals surface area contributed by atoms with E-state index >= 15 is 0 Å². The Bertz CT molecular complexity index is 1040. The third kappa shape index (κ3) is 3.32. The van der Waals surface area contributed by atoms with Gasteiger partial charge in [0.1, 0.15) is 11.0 Å². The molecule has 0 saturated carbocycles. The number of nitrogens with zero attached hydrogens (tertiary/aromatic N) is 5. The van der Waals surface area contributed by atoms with Crippen LogP contribution in [0, 0.1) is 11.8 Å². The van der Waals surface area contributed by atoms with E-state index in [2.05, 4.69) is 36.8 Å². The van der Waals surface area contributed by atoms with Crippen LogP contribution >= 0.6 is 23.2 Å². The molecule has 0 saturated heterocycles. The van der Waals surface area contributed by atoms with Crippen LogP contribution in [0.1, 0.15) is 6.92 Å². The Balaban J connectivity index is 0.000000149. The summed E-state index contributed by atoms with van der Waals surface area (Å²) in [4.78, 5) is 19.0. The molecule has 120 valence electrons. The van der Waals surface area contributed by atoms with Gasteiger partial charge in [-0.15, -0.1) is 5.92 Å². The Labute approximate surface area is 147 Å². The van der Waals surface area contributed by atoms with Gasteiger partial charge in [-0.2, -0.15) is 0 Å². The fraction of sp³-hybridized carbons (Fsp3) is 0.125. The van der Waals surface area contributed by atoms with Gasteiger partial charge in [0.25, 0.3) is 0 Å². The number of H-pyrrole nitrogens is 1. The average molecular weight is 359 g/mol. The van der Waals surface area contributed by atoms with E-state index in [9.17, 15) is 0 Å². The highest BCUT2D eigenvalue weighted by molar-refractivity contribution is 6.34. The lowest BCUT2D eigenvalue weighted by molar-refractivity contribution is 0.868. The Morgan fingerprint density at radius 2 is 1.88 bits per heavy atom. The lowest BCUT2D eigenvalue weighted by Crippen LogP contribution is -1.94. The largest absolute Gasteiger partial charge is 0.344 e. The maximum absolute atomic E-state index is 5.96. The second-order valence-electron chi connectivity index (χ2n) is 4.67. The zero-order valence-electron chi connectivity index (χ0n) is 12.7. The van der Waals surface area contributed by atoms with Gasteiger partial charge >= 0.3 is 0 Å². The molecule has 24 heavy (non-hydrogen) atoms. The van der Waals surface area contributed by atoms with Crippen molar-refractivity contribution in [3.8, 4) is 11.8 Å². The molecule has 0 atom stereocenters. The van der Waals surface area contributed by atoms with Crippen molar-refractivity contribution in [3.63, 3.8) is 0 Å². The van der Waals surface area contributed by atoms with Crippen molar-refractivity contribution in [2.45, 2.75) is 13.5 Å². The molecule has 0 aliphatic carbocycles. The molecule has 0 amide bonds. The van der Waals surface area contributed by atoms with E-state index in [1.54, 1.807) is 32.0 Å². The van der Waals surface area contributed by atoms with Gasteiger partial charge in [-0.05, 0) is 19.1 Å². The Morgan fingerprint density at radius 1 is 1.08 bits per heavy atom. The maximum atomic E-state index is 5.96. The second-order valence-corrected chi connectivity index (χ2v) is 5.39. The summed E-state index contributed by atoms with van der Waals surface area (Å²) in [5.41, 5.74) is 3.34. The lowest BCUT2D eigenvalue weighted by Gasteiger charge is -1.98. The molecule has 0 aliphatic rings. The SMILES string of the molecule is CC#CCn1cnc2ccnc(Cl)c21.Clc1nccc2[nH]cnc12. The van der Waals surface area contributed by atoms with Gasteiger partial charge in [-0.3, -0.25) is 0 Å². The lowest BCUT2D eigenvalue weighted by atomic mass is 10.4. The number of imidazole rings is 2. The number of pyridine rings is 2. The molecule has 1 N–H and O–H groups in total. The first-order valence-electron chi connectivity index (χ1n) is 6.99. The number of hydrogen-bond donors (Lipinski definition) is 1. The summed E-state index contributed by atoms with van der Waals surface area (Å²) in [7, 11) is 0. The normalized spacial score (nSPS) is 10.1. The van der Waals surface area contributed by atoms with Crippen LogP contribution in [0.25, 0.3) is 22.1 Å². The van der Waals surface area contributed by atoms with Crippen molar-refractivity contribution in [1.29, 1.82) is 0 Å². The minimum Gasteiger partial charge on any atom is -0.344 e. The predicted octanol–water partition coefficient (Wildman–Crippen LogP) is 3.72. The number of hydrogen-bond acceptors (Lipinski definition) is 4. The van der Waals surface area contributed by atoms with Crippen LogP contribution in [0.3, 0.4) is 0 Å². The highest BCUT2D eigenvalue weighted by Crippen LogP contribution is 2.19. The first kappa shape index (κ1) is 16.2. The van der Waals surface area contributed by atoms with Crippen LogP contribution in [0.4, 0.5) is 0 Å². The smallest absolute Gasteiger partial charge is 0.156 e. The standard InChI is InChI=1S/C10H8ClN3.C6H4ClN3/c1-2-3-6-14-7-13-8-4-5-12-10(11)9(8)14;7-6-5-4(1-2-8-6)9-3-10-5/h4-5,7H,6H2,1H3;1-3H,(H,9,10). The summed E-state index contributed by atoms with van der Waals surface area (Å²) in [5.74, 6) is 5.78. The summed E-state index contributed by atoms with van der Waals surface area (Å²) in [6, 6.07) is 3.66. The zero-order valence-corrected chi connectivity index (χ0v) is 14.2. The van der Waals surface area contributed by atoms with E-state index in [0.29, 0.717) is 16.9 Å². The Hall–Kier alpha value is -2.62. The first-order valence-corrected chi connectivity index (χ1v) is 7.75. The third-order valence-electron chi connectivity index (χ3n) is 3.20. The molecule has 4 aromatic heterocycles. The third-order valence-corrected chi connectivity index (χ3v) is 3.75. The molecule has 0 bridgehead atoms. The molecule has 0 unspecified atom stereocenters. The van der Waals surface area contributed by atoms with Crippen LogP contribution in [0.2, 0.25) is 10.3 Å². The van der Waals surface area contributed by atoms with Gasteiger partial charge in [0.2, 0.25) is 0 Å². The molecular weight excluding hydrogens is 347 g/mol. The van der Waals surface area contributed by atoms with E-state index in [0.717, 1.165) is 22.1 Å². The van der Waals surface area contributed by atoms with Gasteiger partial charge < -0.3 is 9.55 Å². The highest BCUT2D eigenvalue weighted by Gasteiger charge is 2.05. The second kappa shape index (κ2) is 7.30. The highest BCUT2D eigenvalue weighted by atomic mass is 35.5. The average Bonchev–Trinajstić information content (AvgIpc) is 3.22. The molecule has 0 spiro atoms. The summed E-state index contributed by atoms with van der Waals surface area (Å²) in [5, 5.41) is 0.914. The van der Waals surface area contributed by atoms with Crippen molar-refractivity contribution in [3.05, 3.63) is 47.5 Å². The van der Waals surface area contributed by atoms with Crippen molar-refractivity contribution >= 4 is 45.3 Å². The minimum absolute atomic E-state index is 0.443. The summed E-state index contributed by atoms with van der Waals surface area (Å²) in [6.07, 6.45) is 6.61. The van der Waals surface area contributed by atoms with Gasteiger partial charge in [0.15, 0.2) is 10.3 Å². The van der Waals surface area contributed by atoms with E-state index in [1.807, 2.05) is 16.7 Å². The van der Waals surface area contributed by atoms with Crippen molar-refractivity contribution in [2.24, 2.45) is 0 Å². The van der Waals surface area contributed by atoms with Crippen molar-refractivity contribution in [1.82, 2.24) is 29.5 Å². The Kier molecular flexibility index (Phi) is 4.94. The first-order chi connectivity index (χ1) is 11.7. The van der Waals surface area contributed by atoms with Crippen LogP contribution in [0.5, 0.6) is 0 Å². The molecule has 8 heteroatoms. The van der Waals surface area contributed by atoms with Crippen LogP contribution in [-0.2, 0) is 6.54 Å². The molecular formula is C16H12Cl2N6. The molecule has 4 rings (SSSR count). The number of rotatable bonds is 1. The summed E-state index contributed by atoms with van der Waals surface area (Å²) >= 11 is 11.7. The monoisotopic (exact) mass is 358 g/mol. The van der Waals surface area contributed by atoms with Gasteiger partial charge in [-0.1, -0.05) is 29.1 Å². The van der Waals surface area contributed by atoms with E-state index < -0.39 is 0 Å². The van der Waals surface area contributed by atoms with Crippen LogP contribution in [-0.4, -0.2) is 29.5 Å². The predicted molar refractivity (Wildman–Crippen MR) is 94.9 cm³/mol. The fourth-order valence-corrected chi connectivity index (χ4v) is 2.57. The van der Waals surface area contributed by atoms with E-state index in [4.69, 9.17) is 23.2 Å². The number of halogens is 2. The molecule has 0 radical (unpaired) electrons. The molecule has 0 aliphatic heterocycles. The van der Waals surface area contributed by atoms with Crippen LogP contribution < -0.4 is 0 Å². The van der Waals surface area contributed by atoms with Crippen molar-refractivity contribution < 1.29 is 0 Å². The molecule has 0 aromatic carbocycles. The number of fused-ring (bicyclic) bond motifs is 2. The van der Waals surface area contributed by atoms with Gasteiger partial charge in [0.05, 0.1) is 30.2 Å². The molecule has 6 nitrogen and oxygen atoms in total. The number of nitrogens with one attached hydrogen (secondary N) is 1. The minimum atomic E-state index is 0.443. The fourth-order valence-electron chi connectivity index (χ4n) is 2.10. The number of aromatic nitrogens is 6. The summed E-state index contributed by atoms with van der Waals surface area (Å²) in [6.45, 7) is 2.40. The van der Waals surface area contributed by atoms with Gasteiger partial charge in [0, 0.05) is 12.4 Å². The van der Waals surface area contributed by atoms with Crippen molar-refractivity contribution in [2.75, 3.05) is 0 Å². The zero-order chi connectivity index (χ0) is 16.9. The van der Waals surface area contributed by atoms with Crippen LogP contribution in [0.15, 0.2) is 37.2 Å². The molecule has 0 fully saturated rings. The van der Waals surface area contributed by atoms with Gasteiger partial charge in [-0.25, -0.2) is 19.9 Å². The molecule has 4 heterocycles. The Morgan fingerprint density at radius 3 is 2.67 bits per heavy atom. The maximum Gasteiger partial charge on any atom is 0.156 e. The van der Waals surface area contributed by atoms with E-state index in [1.165, 1.54) is 0 Å². The quantitative estimate of drug-likeness (QED) is 0.415. The molecule has 4 aromatic rings. The number of aromatic amines is 1. The van der Waals surface area contributed by atoms with E-state index in [-0.39, 0.29) is 0 Å². The topological polar surface area (TPSA) is 72.3 Å². The summed E-state index contributed by atoms with van der Waals surface area (Å²) < 4.78 is 1.89.